The second-order valence-electron chi connectivity index (χ2n) is 8.10. The van der Waals surface area contributed by atoms with Crippen LogP contribution in [0.5, 0.6) is 0 Å². The van der Waals surface area contributed by atoms with Gasteiger partial charge in [-0.05, 0) is 48.1 Å². The molecule has 6 heteroatoms. The zero-order chi connectivity index (χ0) is 20.0. The number of sulfonamides is 1. The topological polar surface area (TPSA) is 80.5 Å². The van der Waals surface area contributed by atoms with Gasteiger partial charge in [-0.3, -0.25) is 4.79 Å². The first-order valence-corrected chi connectivity index (χ1v) is 10.5. The Hall–Kier alpha value is -2.18. The maximum Gasteiger partial charge on any atom is 0.253 e. The average molecular weight is 387 g/mol. The second-order valence-corrected chi connectivity index (χ2v) is 9.63. The van der Waals surface area contributed by atoms with Gasteiger partial charge >= 0.3 is 0 Å². The van der Waals surface area contributed by atoms with Crippen LogP contribution in [0.1, 0.15) is 46.8 Å². The highest BCUT2D eigenvalue weighted by Crippen LogP contribution is 2.42. The molecule has 1 aliphatic rings. The Kier molecular flexibility index (Phi) is 4.91. The molecule has 0 radical (unpaired) electrons. The molecular formula is C21H26N2O3S. The molecule has 1 fully saturated rings. The standard InChI is InChI=1S/C21H26N2O3S/c1-14-10-17(11-19(15(14)2)27(22,25)26)20(24)23-12-18(21(3,4)13-23)16-8-6-5-7-9-16/h5-11,18H,12-13H2,1-4H3,(H2,22,25,26). The molecule has 0 aliphatic carbocycles. The van der Waals surface area contributed by atoms with Crippen molar-refractivity contribution in [2.75, 3.05) is 13.1 Å². The minimum atomic E-state index is -3.88. The van der Waals surface area contributed by atoms with E-state index in [0.29, 0.717) is 24.2 Å². The Labute approximate surface area is 161 Å². The van der Waals surface area contributed by atoms with Crippen molar-refractivity contribution in [2.45, 2.75) is 38.5 Å². The molecule has 144 valence electrons. The summed E-state index contributed by atoms with van der Waals surface area (Å²) in [4.78, 5) is 15.0. The van der Waals surface area contributed by atoms with Crippen LogP contribution in [0.25, 0.3) is 0 Å². The highest BCUT2D eigenvalue weighted by Gasteiger charge is 2.42. The van der Waals surface area contributed by atoms with E-state index in [-0.39, 0.29) is 22.1 Å². The van der Waals surface area contributed by atoms with Gasteiger partial charge in [0.2, 0.25) is 10.0 Å². The molecule has 3 rings (SSSR count). The molecule has 27 heavy (non-hydrogen) atoms. The van der Waals surface area contributed by atoms with Crippen LogP contribution in [-0.4, -0.2) is 32.3 Å². The summed E-state index contributed by atoms with van der Waals surface area (Å²) in [5.41, 5.74) is 2.83. The molecule has 0 saturated carbocycles. The fraction of sp³-hybridized carbons (Fsp3) is 0.381. The van der Waals surface area contributed by atoms with Crippen molar-refractivity contribution < 1.29 is 13.2 Å². The fourth-order valence-corrected chi connectivity index (χ4v) is 4.84. The van der Waals surface area contributed by atoms with Crippen molar-refractivity contribution in [2.24, 2.45) is 10.6 Å². The quantitative estimate of drug-likeness (QED) is 0.879. The van der Waals surface area contributed by atoms with E-state index in [0.717, 1.165) is 5.56 Å². The molecule has 1 saturated heterocycles. The number of amides is 1. The number of hydrogen-bond acceptors (Lipinski definition) is 3. The molecule has 0 bridgehead atoms. The molecule has 1 unspecified atom stereocenters. The lowest BCUT2D eigenvalue weighted by Crippen LogP contribution is -2.30. The van der Waals surface area contributed by atoms with Gasteiger partial charge in [-0.25, -0.2) is 13.6 Å². The first-order valence-electron chi connectivity index (χ1n) is 8.99. The molecule has 1 amide bonds. The summed E-state index contributed by atoms with van der Waals surface area (Å²) in [6, 6.07) is 13.3. The predicted octanol–water partition coefficient (Wildman–Crippen LogP) is 3.22. The van der Waals surface area contributed by atoms with Gasteiger partial charge < -0.3 is 4.90 Å². The van der Waals surface area contributed by atoms with Crippen molar-refractivity contribution in [3.63, 3.8) is 0 Å². The molecule has 1 atom stereocenters. The van der Waals surface area contributed by atoms with Gasteiger partial charge in [0.15, 0.2) is 0 Å². The highest BCUT2D eigenvalue weighted by molar-refractivity contribution is 7.89. The molecule has 2 aromatic carbocycles. The van der Waals surface area contributed by atoms with Crippen LogP contribution in [0.15, 0.2) is 47.4 Å². The zero-order valence-corrected chi connectivity index (χ0v) is 17.0. The summed E-state index contributed by atoms with van der Waals surface area (Å²) in [6.45, 7) is 9.04. The monoisotopic (exact) mass is 386 g/mol. The molecule has 0 spiro atoms. The fourth-order valence-electron chi connectivity index (χ4n) is 3.96. The Morgan fingerprint density at radius 3 is 2.37 bits per heavy atom. The second kappa shape index (κ2) is 6.77. The lowest BCUT2D eigenvalue weighted by atomic mass is 9.78. The Morgan fingerprint density at radius 1 is 1.15 bits per heavy atom. The molecule has 1 heterocycles. The Morgan fingerprint density at radius 2 is 1.78 bits per heavy atom. The molecule has 2 aromatic rings. The largest absolute Gasteiger partial charge is 0.337 e. The Bertz CT molecular complexity index is 982. The van der Waals surface area contributed by atoms with E-state index in [1.807, 2.05) is 23.1 Å². The van der Waals surface area contributed by atoms with E-state index >= 15 is 0 Å². The number of benzene rings is 2. The molecule has 1 aliphatic heterocycles. The van der Waals surface area contributed by atoms with Gasteiger partial charge in [0.05, 0.1) is 4.90 Å². The van der Waals surface area contributed by atoms with Crippen LogP contribution < -0.4 is 5.14 Å². The average Bonchev–Trinajstić information content (AvgIpc) is 2.91. The normalized spacial score (nSPS) is 19.3. The van der Waals surface area contributed by atoms with Gasteiger partial charge in [-0.1, -0.05) is 44.2 Å². The van der Waals surface area contributed by atoms with Crippen LogP contribution in [-0.2, 0) is 10.0 Å². The summed E-state index contributed by atoms with van der Waals surface area (Å²) >= 11 is 0. The zero-order valence-electron chi connectivity index (χ0n) is 16.2. The molecule has 5 nitrogen and oxygen atoms in total. The van der Waals surface area contributed by atoms with Crippen molar-refractivity contribution in [3.05, 3.63) is 64.7 Å². The highest BCUT2D eigenvalue weighted by atomic mass is 32.2. The van der Waals surface area contributed by atoms with Gasteiger partial charge in [0.1, 0.15) is 0 Å². The van der Waals surface area contributed by atoms with Gasteiger partial charge in [-0.2, -0.15) is 0 Å². The van der Waals surface area contributed by atoms with E-state index in [9.17, 15) is 13.2 Å². The summed E-state index contributed by atoms with van der Waals surface area (Å²) in [5.74, 6) is 0.0708. The first kappa shape index (κ1) is 19.6. The maximum absolute atomic E-state index is 13.1. The van der Waals surface area contributed by atoms with Crippen LogP contribution in [0.4, 0.5) is 0 Å². The lowest BCUT2D eigenvalue weighted by molar-refractivity contribution is 0.0777. The van der Waals surface area contributed by atoms with Crippen molar-refractivity contribution >= 4 is 15.9 Å². The molecular weight excluding hydrogens is 360 g/mol. The Balaban J connectivity index is 1.95. The number of primary sulfonamides is 1. The smallest absolute Gasteiger partial charge is 0.253 e. The van der Waals surface area contributed by atoms with Gasteiger partial charge in [-0.15, -0.1) is 0 Å². The van der Waals surface area contributed by atoms with Gasteiger partial charge in [0.25, 0.3) is 5.91 Å². The predicted molar refractivity (Wildman–Crippen MR) is 106 cm³/mol. The van der Waals surface area contributed by atoms with E-state index in [2.05, 4.69) is 26.0 Å². The number of rotatable bonds is 3. The number of aryl methyl sites for hydroxylation is 1. The minimum Gasteiger partial charge on any atom is -0.337 e. The van der Waals surface area contributed by atoms with Crippen LogP contribution in [0.3, 0.4) is 0 Å². The summed E-state index contributed by atoms with van der Waals surface area (Å²) in [7, 11) is -3.88. The van der Waals surface area contributed by atoms with Crippen LogP contribution in [0, 0.1) is 19.3 Å². The van der Waals surface area contributed by atoms with Crippen molar-refractivity contribution in [1.82, 2.24) is 4.90 Å². The maximum atomic E-state index is 13.1. The van der Waals surface area contributed by atoms with Gasteiger partial charge in [0, 0.05) is 24.6 Å². The van der Waals surface area contributed by atoms with E-state index in [1.54, 1.807) is 19.9 Å². The number of nitrogens with zero attached hydrogens (tertiary/aromatic N) is 1. The van der Waals surface area contributed by atoms with E-state index < -0.39 is 10.0 Å². The molecule has 0 aromatic heterocycles. The summed E-state index contributed by atoms with van der Waals surface area (Å²) in [6.07, 6.45) is 0. The third-order valence-electron chi connectivity index (χ3n) is 5.61. The van der Waals surface area contributed by atoms with Crippen LogP contribution in [0.2, 0.25) is 0 Å². The SMILES string of the molecule is Cc1cc(C(=O)N2CC(c3ccccc3)C(C)(C)C2)cc(S(N)(=O)=O)c1C. The number of carbonyl (C=O) groups is 1. The van der Waals surface area contributed by atoms with Crippen LogP contribution >= 0.6 is 0 Å². The minimum absolute atomic E-state index is 0.0175. The first-order chi connectivity index (χ1) is 12.5. The number of nitrogens with two attached hydrogens (primary N) is 1. The van der Waals surface area contributed by atoms with Crippen molar-refractivity contribution in [3.8, 4) is 0 Å². The van der Waals surface area contributed by atoms with E-state index in [4.69, 9.17) is 5.14 Å². The number of hydrogen-bond donors (Lipinski definition) is 1. The van der Waals surface area contributed by atoms with E-state index in [1.165, 1.54) is 11.6 Å². The summed E-state index contributed by atoms with van der Waals surface area (Å²) in [5, 5.41) is 5.34. The number of carbonyl (C=O) groups excluding carboxylic acids is 1. The molecule has 2 N–H and O–H groups in total. The third kappa shape index (κ3) is 3.77. The summed E-state index contributed by atoms with van der Waals surface area (Å²) < 4.78 is 23.8. The van der Waals surface area contributed by atoms with Crippen molar-refractivity contribution in [1.29, 1.82) is 0 Å². The number of likely N-dealkylation sites (tertiary alicyclic amines) is 1. The third-order valence-corrected chi connectivity index (χ3v) is 6.64. The lowest BCUT2D eigenvalue weighted by Gasteiger charge is -2.25.